The molecule has 0 spiro atoms. The Balaban J connectivity index is 2.19. The topological polar surface area (TPSA) is 98.7 Å². The van der Waals surface area contributed by atoms with Crippen molar-refractivity contribution in [1.82, 2.24) is 19.7 Å². The maximum Gasteiger partial charge on any atom is 0.211 e. The van der Waals surface area contributed by atoms with Crippen molar-refractivity contribution in [3.8, 4) is 11.3 Å². The van der Waals surface area contributed by atoms with Gasteiger partial charge in [-0.1, -0.05) is 12.1 Å². The van der Waals surface area contributed by atoms with Crippen molar-refractivity contribution in [1.29, 1.82) is 0 Å². The number of amides is 1. The van der Waals surface area contributed by atoms with Gasteiger partial charge in [-0.15, -0.1) is 0 Å². The minimum atomic E-state index is 0.154. The first-order valence-electron chi connectivity index (χ1n) is 6.91. The molecule has 0 aliphatic carbocycles. The lowest BCUT2D eigenvalue weighted by Crippen LogP contribution is -2.04. The summed E-state index contributed by atoms with van der Waals surface area (Å²) in [7, 11) is 0. The number of nitrogens with one attached hydrogen (secondary N) is 1. The summed E-state index contributed by atoms with van der Waals surface area (Å²) in [6.45, 7) is 4.07. The zero-order valence-corrected chi connectivity index (χ0v) is 12.3. The Bertz CT molecular complexity index is 822. The van der Waals surface area contributed by atoms with E-state index in [0.29, 0.717) is 17.9 Å². The van der Waals surface area contributed by atoms with Gasteiger partial charge < -0.3 is 11.1 Å². The summed E-state index contributed by atoms with van der Waals surface area (Å²) in [4.78, 5) is 18.8. The van der Waals surface area contributed by atoms with E-state index in [-0.39, 0.29) is 6.04 Å². The standard InChI is InChI=1S/C15H16N6O/c1-9(2)21-15-12(14(16)17-7-18-15)13(20-21)10-3-5-11(6-4-10)19-8-22/h3-9H,1-2H3,(H,19,22)(H2,16,17,18). The lowest BCUT2D eigenvalue weighted by Gasteiger charge is -2.05. The largest absolute Gasteiger partial charge is 0.383 e. The average molecular weight is 296 g/mol. The number of carbonyl (C=O) groups is 1. The Morgan fingerprint density at radius 2 is 1.95 bits per heavy atom. The van der Waals surface area contributed by atoms with Crippen LogP contribution in [-0.2, 0) is 4.79 Å². The highest BCUT2D eigenvalue weighted by molar-refractivity contribution is 5.98. The summed E-state index contributed by atoms with van der Waals surface area (Å²) in [5, 5.41) is 7.99. The van der Waals surface area contributed by atoms with Crippen LogP contribution in [0, 0.1) is 0 Å². The molecule has 0 aliphatic heterocycles. The van der Waals surface area contributed by atoms with E-state index < -0.39 is 0 Å². The molecule has 1 amide bonds. The number of nitrogen functional groups attached to an aromatic ring is 1. The Kier molecular flexibility index (Phi) is 3.46. The maximum absolute atomic E-state index is 10.5. The van der Waals surface area contributed by atoms with Gasteiger partial charge in [-0.25, -0.2) is 14.6 Å². The normalized spacial score (nSPS) is 11.0. The predicted octanol–water partition coefficient (Wildman–Crippen LogP) is 2.22. The molecule has 3 aromatic rings. The summed E-state index contributed by atoms with van der Waals surface area (Å²) in [6.07, 6.45) is 2.09. The highest BCUT2D eigenvalue weighted by atomic mass is 16.1. The summed E-state index contributed by atoms with van der Waals surface area (Å²) >= 11 is 0. The van der Waals surface area contributed by atoms with Crippen LogP contribution in [0.4, 0.5) is 11.5 Å². The Morgan fingerprint density at radius 1 is 1.23 bits per heavy atom. The summed E-state index contributed by atoms with van der Waals surface area (Å²) in [5.41, 5.74) is 9.08. The molecule has 112 valence electrons. The van der Waals surface area contributed by atoms with Crippen LogP contribution >= 0.6 is 0 Å². The third-order valence-electron chi connectivity index (χ3n) is 3.39. The van der Waals surface area contributed by atoms with E-state index in [1.165, 1.54) is 6.33 Å². The highest BCUT2D eigenvalue weighted by Crippen LogP contribution is 2.31. The predicted molar refractivity (Wildman–Crippen MR) is 85.2 cm³/mol. The SMILES string of the molecule is CC(C)n1nc(-c2ccc(NC=O)cc2)c2c(N)ncnc21. The number of anilines is 2. The van der Waals surface area contributed by atoms with Gasteiger partial charge in [0.25, 0.3) is 0 Å². The van der Waals surface area contributed by atoms with Crippen LogP contribution in [0.25, 0.3) is 22.3 Å². The van der Waals surface area contributed by atoms with Crippen LogP contribution in [0.1, 0.15) is 19.9 Å². The van der Waals surface area contributed by atoms with E-state index >= 15 is 0 Å². The molecular weight excluding hydrogens is 280 g/mol. The van der Waals surface area contributed by atoms with Crippen LogP contribution in [0.2, 0.25) is 0 Å². The van der Waals surface area contributed by atoms with E-state index in [1.807, 2.05) is 42.8 Å². The molecule has 0 bridgehead atoms. The second kappa shape index (κ2) is 5.44. The fraction of sp³-hybridized carbons (Fsp3) is 0.200. The lowest BCUT2D eigenvalue weighted by molar-refractivity contribution is -0.105. The van der Waals surface area contributed by atoms with Crippen LogP contribution in [0.5, 0.6) is 0 Å². The summed E-state index contributed by atoms with van der Waals surface area (Å²) in [5.74, 6) is 0.405. The second-order valence-electron chi connectivity index (χ2n) is 5.18. The van der Waals surface area contributed by atoms with Gasteiger partial charge in [0.2, 0.25) is 6.41 Å². The van der Waals surface area contributed by atoms with E-state index in [1.54, 1.807) is 0 Å². The first-order chi connectivity index (χ1) is 10.6. The van der Waals surface area contributed by atoms with Gasteiger partial charge in [-0.05, 0) is 26.0 Å². The van der Waals surface area contributed by atoms with Crippen LogP contribution in [-0.4, -0.2) is 26.2 Å². The summed E-state index contributed by atoms with van der Waals surface area (Å²) in [6, 6.07) is 7.53. The molecule has 0 saturated carbocycles. The van der Waals surface area contributed by atoms with Crippen molar-refractivity contribution in [2.75, 3.05) is 11.1 Å². The molecule has 0 saturated heterocycles. The number of fused-ring (bicyclic) bond motifs is 1. The zero-order chi connectivity index (χ0) is 15.7. The average Bonchev–Trinajstić information content (AvgIpc) is 2.90. The number of benzene rings is 1. The Labute approximate surface area is 127 Å². The van der Waals surface area contributed by atoms with E-state index in [4.69, 9.17) is 5.73 Å². The van der Waals surface area contributed by atoms with E-state index in [2.05, 4.69) is 20.4 Å². The van der Waals surface area contributed by atoms with Gasteiger partial charge in [0, 0.05) is 17.3 Å². The molecule has 0 unspecified atom stereocenters. The lowest BCUT2D eigenvalue weighted by atomic mass is 10.1. The van der Waals surface area contributed by atoms with Crippen LogP contribution in [0.15, 0.2) is 30.6 Å². The molecule has 0 aliphatic rings. The molecule has 1 aromatic carbocycles. The third-order valence-corrected chi connectivity index (χ3v) is 3.39. The molecule has 0 radical (unpaired) electrons. The molecule has 3 N–H and O–H groups in total. The van der Waals surface area contributed by atoms with Gasteiger partial charge >= 0.3 is 0 Å². The first-order valence-corrected chi connectivity index (χ1v) is 6.91. The molecule has 2 heterocycles. The number of aromatic nitrogens is 4. The molecule has 0 atom stereocenters. The first kappa shape index (κ1) is 14.0. The molecule has 7 heteroatoms. The Hall–Kier alpha value is -2.96. The molecule has 0 fully saturated rings. The maximum atomic E-state index is 10.5. The van der Waals surface area contributed by atoms with Crippen molar-refractivity contribution in [3.63, 3.8) is 0 Å². The summed E-state index contributed by atoms with van der Waals surface area (Å²) < 4.78 is 1.83. The number of hydrogen-bond donors (Lipinski definition) is 2. The number of rotatable bonds is 4. The highest BCUT2D eigenvalue weighted by Gasteiger charge is 2.18. The second-order valence-corrected chi connectivity index (χ2v) is 5.18. The molecule has 22 heavy (non-hydrogen) atoms. The zero-order valence-electron chi connectivity index (χ0n) is 12.3. The molecule has 3 rings (SSSR count). The van der Waals surface area contributed by atoms with Crippen molar-refractivity contribution in [2.45, 2.75) is 19.9 Å². The van der Waals surface area contributed by atoms with Crippen molar-refractivity contribution in [3.05, 3.63) is 30.6 Å². The smallest absolute Gasteiger partial charge is 0.211 e. The van der Waals surface area contributed by atoms with Gasteiger partial charge in [-0.2, -0.15) is 5.10 Å². The van der Waals surface area contributed by atoms with E-state index in [0.717, 1.165) is 22.3 Å². The van der Waals surface area contributed by atoms with Crippen molar-refractivity contribution >= 4 is 28.9 Å². The number of nitrogens with zero attached hydrogens (tertiary/aromatic N) is 4. The Morgan fingerprint density at radius 3 is 2.59 bits per heavy atom. The number of nitrogens with two attached hydrogens (primary N) is 1. The van der Waals surface area contributed by atoms with Gasteiger partial charge in [0.05, 0.1) is 5.39 Å². The van der Waals surface area contributed by atoms with Gasteiger partial charge in [0.1, 0.15) is 17.8 Å². The fourth-order valence-corrected chi connectivity index (χ4v) is 2.35. The molecule has 2 aromatic heterocycles. The monoisotopic (exact) mass is 296 g/mol. The number of hydrogen-bond acceptors (Lipinski definition) is 5. The fourth-order valence-electron chi connectivity index (χ4n) is 2.35. The van der Waals surface area contributed by atoms with E-state index in [9.17, 15) is 4.79 Å². The van der Waals surface area contributed by atoms with Crippen molar-refractivity contribution < 1.29 is 4.79 Å². The van der Waals surface area contributed by atoms with Gasteiger partial charge in [0.15, 0.2) is 5.65 Å². The quantitative estimate of drug-likeness (QED) is 0.719. The number of carbonyl (C=O) groups excluding carboxylic acids is 1. The minimum absolute atomic E-state index is 0.154. The van der Waals surface area contributed by atoms with Gasteiger partial charge in [-0.3, -0.25) is 4.79 Å². The van der Waals surface area contributed by atoms with Crippen LogP contribution < -0.4 is 11.1 Å². The van der Waals surface area contributed by atoms with Crippen molar-refractivity contribution in [2.24, 2.45) is 0 Å². The minimum Gasteiger partial charge on any atom is -0.383 e. The van der Waals surface area contributed by atoms with Crippen LogP contribution in [0.3, 0.4) is 0 Å². The third kappa shape index (κ3) is 2.26. The molecular formula is C15H16N6O. The molecule has 7 nitrogen and oxygen atoms in total.